The van der Waals surface area contributed by atoms with Crippen LogP contribution in [0, 0.1) is 11.8 Å². The average molecular weight is 516 g/mol. The molecule has 4 atom stereocenters. The highest BCUT2D eigenvalue weighted by Gasteiger charge is 2.64. The van der Waals surface area contributed by atoms with E-state index in [0.717, 1.165) is 0 Å². The smallest absolute Gasteiger partial charge is 0.255 e. The van der Waals surface area contributed by atoms with Crippen LogP contribution in [0.15, 0.2) is 44.2 Å². The summed E-state index contributed by atoms with van der Waals surface area (Å²) in [5, 5.41) is 42.1. The first kappa shape index (κ1) is 21.5. The Morgan fingerprint density at radius 1 is 1.31 bits per heavy atom. The highest BCUT2D eigenvalue weighted by atomic mass is 127. The van der Waals surface area contributed by atoms with Gasteiger partial charge in [0.2, 0.25) is 5.78 Å². The summed E-state index contributed by atoms with van der Waals surface area (Å²) in [7, 11) is 3.11. The van der Waals surface area contributed by atoms with E-state index in [1.165, 1.54) is 4.90 Å². The van der Waals surface area contributed by atoms with Crippen LogP contribution >= 0.6 is 22.6 Å². The number of ketones is 2. The van der Waals surface area contributed by atoms with Gasteiger partial charge in [0.25, 0.3) is 5.91 Å². The molecule has 0 aromatic heterocycles. The topological polar surface area (TPSA) is 161 Å². The summed E-state index contributed by atoms with van der Waals surface area (Å²) < 4.78 is 1.66. The second-order valence-electron chi connectivity index (χ2n) is 7.64. The SMILES string of the molecule is CN(C)[C@@H]1C(=O)C(C(N)=O)=C(O)[C@@]2(O)C(=O)C3=C(O)C(=C\O)/C(=C/I)CC3CC12. The number of likely N-dealkylation sites (N-methyl/N-ethyl adjacent to an activating group) is 1. The van der Waals surface area contributed by atoms with Crippen molar-refractivity contribution in [3.8, 4) is 0 Å². The zero-order valence-corrected chi connectivity index (χ0v) is 17.9. The van der Waals surface area contributed by atoms with Gasteiger partial charge in [-0.15, -0.1) is 0 Å². The number of fused-ring (bicyclic) bond motifs is 2. The van der Waals surface area contributed by atoms with Crippen molar-refractivity contribution in [2.75, 3.05) is 14.1 Å². The Kier molecular flexibility index (Phi) is 5.39. The lowest BCUT2D eigenvalue weighted by Gasteiger charge is -2.50. The quantitative estimate of drug-likeness (QED) is 0.204. The third kappa shape index (κ3) is 2.84. The Labute approximate surface area is 180 Å². The molecule has 156 valence electrons. The minimum atomic E-state index is -2.60. The maximum atomic E-state index is 13.4. The molecular weight excluding hydrogens is 495 g/mol. The molecule has 0 heterocycles. The molecule has 1 amide bonds. The van der Waals surface area contributed by atoms with Crippen LogP contribution in [0.4, 0.5) is 0 Å². The van der Waals surface area contributed by atoms with Gasteiger partial charge in [-0.25, -0.2) is 0 Å². The molecule has 3 aliphatic carbocycles. The molecule has 29 heavy (non-hydrogen) atoms. The number of Topliss-reactive ketones (excluding diaryl/α,β-unsaturated/α-hetero) is 2. The number of halogens is 1. The van der Waals surface area contributed by atoms with Gasteiger partial charge in [-0.05, 0) is 42.5 Å². The molecule has 3 aliphatic rings. The number of hydrogen-bond acceptors (Lipinski definition) is 8. The van der Waals surface area contributed by atoms with Crippen molar-refractivity contribution in [3.63, 3.8) is 0 Å². The van der Waals surface area contributed by atoms with E-state index in [1.807, 2.05) is 22.6 Å². The Bertz CT molecular complexity index is 946. The number of carbonyl (C=O) groups excluding carboxylic acids is 3. The molecule has 1 fully saturated rings. The lowest BCUT2D eigenvalue weighted by molar-refractivity contribution is -0.154. The average Bonchev–Trinajstić information content (AvgIpc) is 2.63. The first-order valence-electron chi connectivity index (χ1n) is 8.81. The second-order valence-corrected chi connectivity index (χ2v) is 8.26. The first-order valence-corrected chi connectivity index (χ1v) is 10.1. The highest BCUT2D eigenvalue weighted by Crippen LogP contribution is 2.52. The third-order valence-corrected chi connectivity index (χ3v) is 6.71. The molecule has 0 bridgehead atoms. The van der Waals surface area contributed by atoms with Gasteiger partial charge in [0, 0.05) is 11.5 Å². The normalized spacial score (nSPS) is 35.4. The van der Waals surface area contributed by atoms with Crippen LogP contribution in [0.5, 0.6) is 0 Å². The van der Waals surface area contributed by atoms with Crippen molar-refractivity contribution in [1.29, 1.82) is 0 Å². The second kappa shape index (κ2) is 7.26. The minimum Gasteiger partial charge on any atom is -0.515 e. The molecular formula is C19H21IN2O7. The van der Waals surface area contributed by atoms with Crippen molar-refractivity contribution in [2.45, 2.75) is 24.5 Å². The van der Waals surface area contributed by atoms with Crippen molar-refractivity contribution in [1.82, 2.24) is 4.90 Å². The number of rotatable bonds is 2. The van der Waals surface area contributed by atoms with Gasteiger partial charge in [-0.2, -0.15) is 0 Å². The monoisotopic (exact) mass is 516 g/mol. The van der Waals surface area contributed by atoms with Gasteiger partial charge in [0.15, 0.2) is 11.4 Å². The van der Waals surface area contributed by atoms with Gasteiger partial charge in [0.05, 0.1) is 17.9 Å². The summed E-state index contributed by atoms with van der Waals surface area (Å²) in [5.74, 6) is -6.24. The van der Waals surface area contributed by atoms with Crippen LogP contribution in [-0.4, -0.2) is 68.5 Å². The molecule has 0 aromatic carbocycles. The zero-order chi connectivity index (χ0) is 21.8. The number of nitrogens with zero attached hydrogens (tertiary/aromatic N) is 1. The summed E-state index contributed by atoms with van der Waals surface area (Å²) in [6, 6.07) is -1.08. The molecule has 0 spiro atoms. The van der Waals surface area contributed by atoms with E-state index in [0.29, 0.717) is 11.8 Å². The fourth-order valence-corrected chi connectivity index (χ4v) is 5.26. The third-order valence-electron chi connectivity index (χ3n) is 5.95. The summed E-state index contributed by atoms with van der Waals surface area (Å²) in [6.45, 7) is 0. The fraction of sp³-hybridized carbons (Fsp3) is 0.421. The van der Waals surface area contributed by atoms with Gasteiger partial charge in [-0.1, -0.05) is 22.6 Å². The van der Waals surface area contributed by atoms with Gasteiger partial charge < -0.3 is 26.2 Å². The van der Waals surface area contributed by atoms with Crippen LogP contribution in [0.3, 0.4) is 0 Å². The Balaban J connectivity index is 2.30. The van der Waals surface area contributed by atoms with Gasteiger partial charge >= 0.3 is 0 Å². The molecule has 6 N–H and O–H groups in total. The van der Waals surface area contributed by atoms with Crippen LogP contribution in [-0.2, 0) is 14.4 Å². The molecule has 10 heteroatoms. The van der Waals surface area contributed by atoms with E-state index < -0.39 is 58.0 Å². The Morgan fingerprint density at radius 3 is 2.41 bits per heavy atom. The number of allylic oxidation sites excluding steroid dienone is 1. The number of primary amides is 1. The summed E-state index contributed by atoms with van der Waals surface area (Å²) >= 11 is 1.95. The van der Waals surface area contributed by atoms with E-state index >= 15 is 0 Å². The van der Waals surface area contributed by atoms with E-state index in [-0.39, 0.29) is 24.0 Å². The van der Waals surface area contributed by atoms with E-state index in [2.05, 4.69) is 0 Å². The maximum absolute atomic E-state index is 13.4. The highest BCUT2D eigenvalue weighted by molar-refractivity contribution is 14.1. The predicted molar refractivity (Wildman–Crippen MR) is 110 cm³/mol. The van der Waals surface area contributed by atoms with E-state index in [9.17, 15) is 34.8 Å². The first-order chi connectivity index (χ1) is 13.5. The number of carbonyl (C=O) groups is 3. The molecule has 0 radical (unpaired) electrons. The molecule has 1 saturated carbocycles. The van der Waals surface area contributed by atoms with E-state index in [4.69, 9.17) is 5.73 Å². The van der Waals surface area contributed by atoms with Crippen molar-refractivity contribution >= 4 is 40.1 Å². The number of hydrogen-bond donors (Lipinski definition) is 5. The largest absolute Gasteiger partial charge is 0.515 e. The molecule has 0 aliphatic heterocycles. The molecule has 0 aromatic rings. The molecule has 9 nitrogen and oxygen atoms in total. The standard InChI is InChI=1S/C19H21IN2O7/c1-22(2)13-10-4-7-3-8(5-20)9(6-23)14(24)11(7)16(26)19(10,29)17(27)12(15(13)25)18(21)28/h5-7,10,13,23-24,27,29H,3-4H2,1-2H3,(H2,21,28)/b8-5+,9-6-/t7?,10?,13-,19-/m0/s1. The van der Waals surface area contributed by atoms with Crippen LogP contribution in [0.2, 0.25) is 0 Å². The van der Waals surface area contributed by atoms with Crippen LogP contribution in [0.1, 0.15) is 12.8 Å². The predicted octanol–water partition coefficient (Wildman–Crippen LogP) is 0.710. The molecule has 2 unspecified atom stereocenters. The summed E-state index contributed by atoms with van der Waals surface area (Å²) in [4.78, 5) is 39.5. The summed E-state index contributed by atoms with van der Waals surface area (Å²) in [6.07, 6.45) is 1.04. The van der Waals surface area contributed by atoms with E-state index in [1.54, 1.807) is 18.2 Å². The Hall–Kier alpha value is -2.18. The number of nitrogens with two attached hydrogens (primary N) is 1. The van der Waals surface area contributed by atoms with Gasteiger partial charge in [0.1, 0.15) is 17.1 Å². The van der Waals surface area contributed by atoms with Crippen LogP contribution in [0.25, 0.3) is 0 Å². The van der Waals surface area contributed by atoms with Gasteiger partial charge in [-0.3, -0.25) is 19.3 Å². The lowest BCUT2D eigenvalue weighted by Crippen LogP contribution is -2.65. The Morgan fingerprint density at radius 2 is 1.93 bits per heavy atom. The van der Waals surface area contributed by atoms with Crippen molar-refractivity contribution in [3.05, 3.63) is 44.2 Å². The molecule has 0 saturated heterocycles. The van der Waals surface area contributed by atoms with Crippen molar-refractivity contribution < 1.29 is 34.8 Å². The summed E-state index contributed by atoms with van der Waals surface area (Å²) in [5.41, 5.74) is 2.30. The van der Waals surface area contributed by atoms with Crippen molar-refractivity contribution in [2.24, 2.45) is 17.6 Å². The lowest BCUT2D eigenvalue weighted by atomic mass is 9.57. The number of amides is 1. The molecule has 3 rings (SSSR count). The minimum absolute atomic E-state index is 0.0377. The van der Waals surface area contributed by atoms with Crippen LogP contribution < -0.4 is 5.73 Å². The zero-order valence-electron chi connectivity index (χ0n) is 15.7. The number of aliphatic hydroxyl groups excluding tert-OH is 3. The maximum Gasteiger partial charge on any atom is 0.255 e. The number of aliphatic hydroxyl groups is 4. The fourth-order valence-electron chi connectivity index (χ4n) is 4.67.